The van der Waals surface area contributed by atoms with Crippen LogP contribution in [0, 0.1) is 0 Å². The van der Waals surface area contributed by atoms with Crippen molar-refractivity contribution in [2.24, 2.45) is 0 Å². The molecule has 1 aliphatic carbocycles. The second-order valence-corrected chi connectivity index (χ2v) is 5.41. The van der Waals surface area contributed by atoms with Gasteiger partial charge in [-0.2, -0.15) is 0 Å². The van der Waals surface area contributed by atoms with E-state index in [9.17, 15) is 9.90 Å². The summed E-state index contributed by atoms with van der Waals surface area (Å²) in [6.07, 6.45) is 3.71. The lowest BCUT2D eigenvalue weighted by atomic mass is 9.93. The maximum Gasteiger partial charge on any atom is 0.325 e. The van der Waals surface area contributed by atoms with E-state index >= 15 is 0 Å². The monoisotopic (exact) mass is 263 g/mol. The summed E-state index contributed by atoms with van der Waals surface area (Å²) >= 11 is 0. The van der Waals surface area contributed by atoms with Crippen molar-refractivity contribution in [1.29, 1.82) is 0 Å². The highest BCUT2D eigenvalue weighted by molar-refractivity contribution is 5.80. The van der Waals surface area contributed by atoms with Gasteiger partial charge in [-0.25, -0.2) is 0 Å². The molecule has 0 aliphatic heterocycles. The van der Waals surface area contributed by atoms with E-state index in [2.05, 4.69) is 5.32 Å². The predicted molar refractivity (Wildman–Crippen MR) is 73.0 cm³/mol. The molecule has 1 aromatic carbocycles. The Hall–Kier alpha value is -1.55. The van der Waals surface area contributed by atoms with Crippen molar-refractivity contribution in [3.8, 4) is 5.75 Å². The Labute approximate surface area is 113 Å². The summed E-state index contributed by atoms with van der Waals surface area (Å²) in [5.74, 6) is 0.0498. The van der Waals surface area contributed by atoms with Crippen molar-refractivity contribution in [2.75, 3.05) is 7.11 Å². The van der Waals surface area contributed by atoms with Crippen molar-refractivity contribution in [3.05, 3.63) is 29.8 Å². The number of ether oxygens (including phenoxy) is 1. The van der Waals surface area contributed by atoms with Crippen molar-refractivity contribution >= 4 is 5.97 Å². The molecule has 2 rings (SSSR count). The van der Waals surface area contributed by atoms with Crippen LogP contribution in [0.2, 0.25) is 0 Å². The molecular weight excluding hydrogens is 242 g/mol. The SMILES string of the molecule is COC(=O)C(C)(CCc1ccc(O)cc1)NC1CC1. The molecule has 1 saturated carbocycles. The number of hydrogen-bond donors (Lipinski definition) is 2. The highest BCUT2D eigenvalue weighted by Gasteiger charge is 2.38. The summed E-state index contributed by atoms with van der Waals surface area (Å²) in [5, 5.41) is 12.6. The Morgan fingerprint density at radius 3 is 2.58 bits per heavy atom. The molecule has 0 radical (unpaired) electrons. The number of carbonyl (C=O) groups is 1. The number of hydrogen-bond acceptors (Lipinski definition) is 4. The van der Waals surface area contributed by atoms with E-state index in [1.807, 2.05) is 19.1 Å². The van der Waals surface area contributed by atoms with E-state index in [4.69, 9.17) is 4.74 Å². The van der Waals surface area contributed by atoms with Crippen LogP contribution in [0.5, 0.6) is 5.75 Å². The second-order valence-electron chi connectivity index (χ2n) is 5.41. The molecule has 104 valence electrons. The molecule has 19 heavy (non-hydrogen) atoms. The van der Waals surface area contributed by atoms with Crippen LogP contribution in [0.3, 0.4) is 0 Å². The average Bonchev–Trinajstić information content (AvgIpc) is 3.21. The molecule has 0 saturated heterocycles. The molecule has 4 nitrogen and oxygen atoms in total. The molecule has 0 heterocycles. The third-order valence-corrected chi connectivity index (χ3v) is 3.59. The van der Waals surface area contributed by atoms with Crippen molar-refractivity contribution in [1.82, 2.24) is 5.32 Å². The van der Waals surface area contributed by atoms with Crippen LogP contribution < -0.4 is 5.32 Å². The number of phenolic OH excluding ortho intramolecular Hbond substituents is 1. The fourth-order valence-electron chi connectivity index (χ4n) is 2.19. The number of aryl methyl sites for hydroxylation is 1. The lowest BCUT2D eigenvalue weighted by molar-refractivity contribution is -0.148. The van der Waals surface area contributed by atoms with Crippen molar-refractivity contribution in [3.63, 3.8) is 0 Å². The Kier molecular flexibility index (Phi) is 4.10. The van der Waals surface area contributed by atoms with Gasteiger partial charge in [0.1, 0.15) is 11.3 Å². The van der Waals surface area contributed by atoms with Gasteiger partial charge in [-0.15, -0.1) is 0 Å². The minimum Gasteiger partial charge on any atom is -0.508 e. The summed E-state index contributed by atoms with van der Waals surface area (Å²) in [7, 11) is 1.43. The summed E-state index contributed by atoms with van der Waals surface area (Å²) < 4.78 is 4.91. The summed E-state index contributed by atoms with van der Waals surface area (Å²) in [5.41, 5.74) is 0.471. The minimum absolute atomic E-state index is 0.210. The lowest BCUT2D eigenvalue weighted by Gasteiger charge is -2.28. The van der Waals surface area contributed by atoms with Crippen LogP contribution in [-0.4, -0.2) is 29.8 Å². The summed E-state index contributed by atoms with van der Waals surface area (Å²) in [6, 6.07) is 7.54. The zero-order valence-electron chi connectivity index (χ0n) is 11.5. The van der Waals surface area contributed by atoms with Gasteiger partial charge in [0.2, 0.25) is 0 Å². The number of nitrogens with one attached hydrogen (secondary N) is 1. The van der Waals surface area contributed by atoms with E-state index in [0.717, 1.165) is 24.8 Å². The third kappa shape index (κ3) is 3.70. The quantitative estimate of drug-likeness (QED) is 0.771. The summed E-state index contributed by atoms with van der Waals surface area (Å²) in [4.78, 5) is 11.9. The molecule has 2 N–H and O–H groups in total. The predicted octanol–water partition coefficient (Wildman–Crippen LogP) is 2.01. The first-order valence-corrected chi connectivity index (χ1v) is 6.67. The maximum absolute atomic E-state index is 11.9. The number of benzene rings is 1. The molecule has 0 amide bonds. The molecule has 0 bridgehead atoms. The van der Waals surface area contributed by atoms with Gasteiger partial charge in [0.25, 0.3) is 0 Å². The van der Waals surface area contributed by atoms with E-state index in [1.54, 1.807) is 12.1 Å². The number of phenols is 1. The van der Waals surface area contributed by atoms with Crippen LogP contribution in [0.25, 0.3) is 0 Å². The summed E-state index contributed by atoms with van der Waals surface area (Å²) in [6.45, 7) is 1.90. The molecule has 0 spiro atoms. The first-order valence-electron chi connectivity index (χ1n) is 6.67. The molecule has 1 aromatic rings. The molecule has 1 fully saturated rings. The van der Waals surface area contributed by atoms with Crippen molar-refractivity contribution in [2.45, 2.75) is 44.2 Å². The van der Waals surface area contributed by atoms with Gasteiger partial charge in [-0.05, 0) is 50.3 Å². The topological polar surface area (TPSA) is 58.6 Å². The van der Waals surface area contributed by atoms with Gasteiger partial charge in [0, 0.05) is 6.04 Å². The van der Waals surface area contributed by atoms with E-state index in [1.165, 1.54) is 7.11 Å². The zero-order chi connectivity index (χ0) is 13.9. The molecule has 1 unspecified atom stereocenters. The molecule has 1 aliphatic rings. The molecule has 1 atom stereocenters. The first-order chi connectivity index (χ1) is 9.03. The number of carbonyl (C=O) groups excluding carboxylic acids is 1. The lowest BCUT2D eigenvalue weighted by Crippen LogP contribution is -2.51. The Bertz CT molecular complexity index is 439. The standard InChI is InChI=1S/C15H21NO3/c1-15(14(18)19-2,16-12-5-6-12)10-9-11-3-7-13(17)8-4-11/h3-4,7-8,12,16-17H,5-6,9-10H2,1-2H3. The van der Waals surface area contributed by atoms with E-state index in [-0.39, 0.29) is 11.7 Å². The molecule has 4 heteroatoms. The fourth-order valence-corrected chi connectivity index (χ4v) is 2.19. The van der Waals surface area contributed by atoms with Crippen molar-refractivity contribution < 1.29 is 14.6 Å². The number of rotatable bonds is 6. The van der Waals surface area contributed by atoms with E-state index in [0.29, 0.717) is 12.5 Å². The average molecular weight is 263 g/mol. The maximum atomic E-state index is 11.9. The minimum atomic E-state index is -0.631. The normalized spacial score (nSPS) is 17.8. The van der Waals surface area contributed by atoms with Crippen LogP contribution in [-0.2, 0) is 16.0 Å². The highest BCUT2D eigenvalue weighted by atomic mass is 16.5. The van der Waals surface area contributed by atoms with Gasteiger partial charge < -0.3 is 9.84 Å². The van der Waals surface area contributed by atoms with Crippen LogP contribution in [0.4, 0.5) is 0 Å². The Balaban J connectivity index is 1.99. The van der Waals surface area contributed by atoms with Crippen LogP contribution >= 0.6 is 0 Å². The first kappa shape index (κ1) is 13.9. The van der Waals surface area contributed by atoms with Gasteiger partial charge in [-0.3, -0.25) is 10.1 Å². The number of aromatic hydroxyl groups is 1. The largest absolute Gasteiger partial charge is 0.508 e. The highest BCUT2D eigenvalue weighted by Crippen LogP contribution is 2.26. The van der Waals surface area contributed by atoms with Gasteiger partial charge >= 0.3 is 5.97 Å². The fraction of sp³-hybridized carbons (Fsp3) is 0.533. The number of methoxy groups -OCH3 is 1. The third-order valence-electron chi connectivity index (χ3n) is 3.59. The van der Waals surface area contributed by atoms with Gasteiger partial charge in [0.15, 0.2) is 0 Å². The smallest absolute Gasteiger partial charge is 0.325 e. The van der Waals surface area contributed by atoms with Crippen LogP contribution in [0.1, 0.15) is 31.7 Å². The van der Waals surface area contributed by atoms with E-state index < -0.39 is 5.54 Å². The Morgan fingerprint density at radius 1 is 1.42 bits per heavy atom. The number of esters is 1. The van der Waals surface area contributed by atoms with Crippen LogP contribution in [0.15, 0.2) is 24.3 Å². The van der Waals surface area contributed by atoms with Gasteiger partial charge in [0.05, 0.1) is 7.11 Å². The second kappa shape index (κ2) is 5.61. The Morgan fingerprint density at radius 2 is 2.05 bits per heavy atom. The zero-order valence-corrected chi connectivity index (χ0v) is 11.5. The van der Waals surface area contributed by atoms with Gasteiger partial charge in [-0.1, -0.05) is 12.1 Å². The molecule has 0 aromatic heterocycles. The molecular formula is C15H21NO3.